The molecule has 1 heterocycles. The van der Waals surface area contributed by atoms with Gasteiger partial charge in [0.15, 0.2) is 6.61 Å². The number of benzene rings is 1. The molecule has 1 aromatic carbocycles. The zero-order valence-electron chi connectivity index (χ0n) is 14.5. The molecule has 1 amide bonds. The summed E-state index contributed by atoms with van der Waals surface area (Å²) in [6.45, 7) is 1.91. The summed E-state index contributed by atoms with van der Waals surface area (Å²) in [7, 11) is -4.19. The zero-order chi connectivity index (χ0) is 20.2. The maximum absolute atomic E-state index is 12.5. The molecule has 2 N–H and O–H groups in total. The monoisotopic (exact) mass is 438 g/mol. The summed E-state index contributed by atoms with van der Waals surface area (Å²) in [6, 6.07) is 2.03. The van der Waals surface area contributed by atoms with Crippen molar-refractivity contribution in [3.8, 4) is 0 Å². The van der Waals surface area contributed by atoms with E-state index in [1.165, 1.54) is 19.1 Å². The van der Waals surface area contributed by atoms with E-state index in [2.05, 4.69) is 4.72 Å². The molecule has 11 heteroatoms. The number of hydrogen-bond acceptors (Lipinski definition) is 6. The van der Waals surface area contributed by atoms with Crippen molar-refractivity contribution in [2.45, 2.75) is 36.8 Å². The Kier molecular flexibility index (Phi) is 7.47. The van der Waals surface area contributed by atoms with Crippen LogP contribution in [0.4, 0.5) is 0 Å². The quantitative estimate of drug-likeness (QED) is 0.618. The fourth-order valence-corrected chi connectivity index (χ4v) is 4.15. The number of aliphatic hydroxyl groups excluding tert-OH is 1. The van der Waals surface area contributed by atoms with Crippen LogP contribution in [0.5, 0.6) is 0 Å². The van der Waals surface area contributed by atoms with Crippen molar-refractivity contribution in [1.29, 1.82) is 0 Å². The predicted molar refractivity (Wildman–Crippen MR) is 99.0 cm³/mol. The van der Waals surface area contributed by atoms with Crippen LogP contribution in [-0.4, -0.2) is 62.1 Å². The third-order valence-corrected chi connectivity index (χ3v) is 6.19. The first-order valence-electron chi connectivity index (χ1n) is 8.21. The molecular weight excluding hydrogens is 419 g/mol. The fraction of sp³-hybridized carbons (Fsp3) is 0.500. The number of aliphatic hydroxyl groups is 1. The second kappa shape index (κ2) is 9.20. The minimum atomic E-state index is -4.19. The van der Waals surface area contributed by atoms with Crippen molar-refractivity contribution >= 4 is 45.1 Å². The Balaban J connectivity index is 2.05. The van der Waals surface area contributed by atoms with Gasteiger partial charge in [-0.25, -0.2) is 8.42 Å². The Morgan fingerprint density at radius 2 is 1.89 bits per heavy atom. The maximum Gasteiger partial charge on any atom is 0.327 e. The van der Waals surface area contributed by atoms with Crippen LogP contribution in [0.1, 0.15) is 19.8 Å². The number of ether oxygens (including phenoxy) is 1. The lowest BCUT2D eigenvalue weighted by atomic mass is 10.2. The number of likely N-dealkylation sites (tertiary alicyclic amines) is 1. The van der Waals surface area contributed by atoms with Gasteiger partial charge in [0, 0.05) is 13.1 Å². The van der Waals surface area contributed by atoms with Crippen LogP contribution >= 0.6 is 23.2 Å². The van der Waals surface area contributed by atoms with Gasteiger partial charge in [-0.3, -0.25) is 9.59 Å². The largest absolute Gasteiger partial charge is 0.454 e. The van der Waals surface area contributed by atoms with Gasteiger partial charge in [0.1, 0.15) is 6.04 Å². The van der Waals surface area contributed by atoms with Gasteiger partial charge in [-0.05, 0) is 38.0 Å². The third-order valence-electron chi connectivity index (χ3n) is 4.02. The van der Waals surface area contributed by atoms with Crippen molar-refractivity contribution in [3.63, 3.8) is 0 Å². The Bertz CT molecular complexity index is 809. The molecule has 150 valence electrons. The van der Waals surface area contributed by atoms with Gasteiger partial charge in [0.25, 0.3) is 5.91 Å². The van der Waals surface area contributed by atoms with Crippen molar-refractivity contribution < 1.29 is 27.9 Å². The molecule has 0 aromatic heterocycles. The highest BCUT2D eigenvalue weighted by molar-refractivity contribution is 7.89. The summed E-state index contributed by atoms with van der Waals surface area (Å²) in [5, 5.41) is 9.99. The summed E-state index contributed by atoms with van der Waals surface area (Å²) in [6.07, 6.45) is 0.385. The van der Waals surface area contributed by atoms with E-state index in [0.29, 0.717) is 13.1 Å². The van der Waals surface area contributed by atoms with E-state index in [1.807, 2.05) is 0 Å². The van der Waals surface area contributed by atoms with Crippen molar-refractivity contribution in [3.05, 3.63) is 28.2 Å². The molecule has 27 heavy (non-hydrogen) atoms. The van der Waals surface area contributed by atoms with E-state index in [4.69, 9.17) is 27.9 Å². The molecule has 2 atom stereocenters. The van der Waals surface area contributed by atoms with Crippen molar-refractivity contribution in [1.82, 2.24) is 9.62 Å². The Labute approximate surface area is 167 Å². The summed E-state index contributed by atoms with van der Waals surface area (Å²) in [5.41, 5.74) is 0. The summed E-state index contributed by atoms with van der Waals surface area (Å²) in [5.74, 6) is -1.42. The number of rotatable bonds is 7. The van der Waals surface area contributed by atoms with Gasteiger partial charge in [0.05, 0.1) is 21.0 Å². The average molecular weight is 439 g/mol. The van der Waals surface area contributed by atoms with Gasteiger partial charge in [0.2, 0.25) is 10.0 Å². The number of sulfonamides is 1. The summed E-state index contributed by atoms with van der Waals surface area (Å²) < 4.78 is 31.9. The van der Waals surface area contributed by atoms with Crippen LogP contribution in [0.2, 0.25) is 10.0 Å². The number of carbonyl (C=O) groups is 2. The van der Waals surface area contributed by atoms with E-state index < -0.39 is 34.7 Å². The highest BCUT2D eigenvalue weighted by Crippen LogP contribution is 2.25. The summed E-state index contributed by atoms with van der Waals surface area (Å²) >= 11 is 11.6. The average Bonchev–Trinajstić information content (AvgIpc) is 3.14. The van der Waals surface area contributed by atoms with Crippen molar-refractivity contribution in [2.75, 3.05) is 19.7 Å². The third kappa shape index (κ3) is 5.79. The second-order valence-corrected chi connectivity index (χ2v) is 8.64. The Morgan fingerprint density at radius 1 is 1.26 bits per heavy atom. The number of nitrogens with zero attached hydrogens (tertiary/aromatic N) is 1. The van der Waals surface area contributed by atoms with Gasteiger partial charge in [-0.2, -0.15) is 4.72 Å². The molecule has 1 aliphatic heterocycles. The van der Waals surface area contributed by atoms with E-state index >= 15 is 0 Å². The molecule has 2 rings (SSSR count). The zero-order valence-corrected chi connectivity index (χ0v) is 16.9. The predicted octanol–water partition coefficient (Wildman–Crippen LogP) is 1.19. The number of halogens is 2. The molecular formula is C16H20Cl2N2O6S. The number of carbonyl (C=O) groups excluding carboxylic acids is 2. The number of hydrogen-bond donors (Lipinski definition) is 2. The Hall–Kier alpha value is -1.39. The maximum atomic E-state index is 12.5. The van der Waals surface area contributed by atoms with Gasteiger partial charge < -0.3 is 14.7 Å². The molecule has 0 bridgehead atoms. The molecule has 8 nitrogen and oxygen atoms in total. The van der Waals surface area contributed by atoms with Crippen LogP contribution in [0.3, 0.4) is 0 Å². The van der Waals surface area contributed by atoms with Gasteiger partial charge >= 0.3 is 5.97 Å². The highest BCUT2D eigenvalue weighted by atomic mass is 35.5. The minimum Gasteiger partial charge on any atom is -0.454 e. The molecule has 0 aliphatic carbocycles. The molecule has 0 spiro atoms. The van der Waals surface area contributed by atoms with Crippen LogP contribution in [-0.2, 0) is 24.3 Å². The number of nitrogens with one attached hydrogen (secondary N) is 1. The van der Waals surface area contributed by atoms with Gasteiger partial charge in [-0.15, -0.1) is 0 Å². The normalized spacial score (nSPS) is 16.8. The smallest absolute Gasteiger partial charge is 0.327 e. The molecule has 1 fully saturated rings. The first-order valence-corrected chi connectivity index (χ1v) is 10.5. The first kappa shape index (κ1) is 21.9. The molecule has 1 aromatic rings. The van der Waals surface area contributed by atoms with Gasteiger partial charge in [-0.1, -0.05) is 23.2 Å². The highest BCUT2D eigenvalue weighted by Gasteiger charge is 2.32. The van der Waals surface area contributed by atoms with Crippen LogP contribution < -0.4 is 4.72 Å². The molecule has 0 radical (unpaired) electrons. The lowest BCUT2D eigenvalue weighted by molar-refractivity contribution is -0.155. The lowest BCUT2D eigenvalue weighted by Crippen LogP contribution is -2.49. The van der Waals surface area contributed by atoms with E-state index in [9.17, 15) is 23.1 Å². The van der Waals surface area contributed by atoms with E-state index in [-0.39, 0.29) is 20.8 Å². The first-order chi connectivity index (χ1) is 12.6. The molecule has 1 aliphatic rings. The number of amides is 1. The SMILES string of the molecule is C[C@H](O)[C@H](NS(=O)(=O)c1ccc(Cl)c(Cl)c1)C(=O)OCC(=O)N1CCCC1. The van der Waals surface area contributed by atoms with Crippen LogP contribution in [0, 0.1) is 0 Å². The minimum absolute atomic E-state index is 0.0203. The number of esters is 1. The van der Waals surface area contributed by atoms with Crippen LogP contribution in [0.15, 0.2) is 23.1 Å². The molecule has 0 saturated carbocycles. The molecule has 0 unspecified atom stereocenters. The standard InChI is InChI=1S/C16H20Cl2N2O6S/c1-10(21)15(16(23)26-9-14(22)20-6-2-3-7-20)19-27(24,25)11-4-5-12(17)13(18)8-11/h4-5,8,10,15,19,21H,2-3,6-7,9H2,1H3/t10-,15-/m0/s1. The van der Waals surface area contributed by atoms with Crippen LogP contribution in [0.25, 0.3) is 0 Å². The summed E-state index contributed by atoms with van der Waals surface area (Å²) in [4.78, 5) is 25.5. The topological polar surface area (TPSA) is 113 Å². The Morgan fingerprint density at radius 3 is 2.44 bits per heavy atom. The fourth-order valence-electron chi connectivity index (χ4n) is 2.50. The molecule has 1 saturated heterocycles. The van der Waals surface area contributed by atoms with E-state index in [1.54, 1.807) is 4.90 Å². The second-order valence-electron chi connectivity index (χ2n) is 6.11. The van der Waals surface area contributed by atoms with E-state index in [0.717, 1.165) is 18.9 Å². The lowest BCUT2D eigenvalue weighted by Gasteiger charge is -2.21. The van der Waals surface area contributed by atoms with Crippen molar-refractivity contribution in [2.24, 2.45) is 0 Å².